The van der Waals surface area contributed by atoms with E-state index in [1.165, 1.54) is 13.0 Å². The molecule has 1 aliphatic rings. The Balaban J connectivity index is 1.79. The first-order valence-corrected chi connectivity index (χ1v) is 13.6. The Morgan fingerprint density at radius 2 is 1.77 bits per heavy atom. The largest absolute Gasteiger partial charge is 0.372 e. The zero-order valence-corrected chi connectivity index (χ0v) is 22.2. The Hall–Kier alpha value is -2.91. The highest BCUT2D eigenvalue weighted by atomic mass is 32.2. The maximum Gasteiger partial charge on any atom is 0.242 e. The third kappa shape index (κ3) is 5.85. The zero-order chi connectivity index (χ0) is 25.9. The van der Waals surface area contributed by atoms with Crippen LogP contribution < -0.4 is 19.8 Å². The minimum Gasteiger partial charge on any atom is -0.372 e. The van der Waals surface area contributed by atoms with Crippen molar-refractivity contribution in [1.82, 2.24) is 4.72 Å². The number of hydrogen-bond donors (Lipinski definition) is 2. The lowest BCUT2D eigenvalue weighted by Gasteiger charge is -2.24. The maximum absolute atomic E-state index is 13.2. The van der Waals surface area contributed by atoms with Crippen molar-refractivity contribution in [2.45, 2.75) is 58.9 Å². The Labute approximate surface area is 208 Å². The molecule has 0 aromatic heterocycles. The summed E-state index contributed by atoms with van der Waals surface area (Å²) in [6.45, 7) is 13.5. The topological polar surface area (TPSA) is 98.8 Å². The van der Waals surface area contributed by atoms with Crippen molar-refractivity contribution in [1.29, 1.82) is 0 Å². The minimum absolute atomic E-state index is 0.0746. The smallest absolute Gasteiger partial charge is 0.242 e. The molecule has 2 N–H and O–H groups in total. The first kappa shape index (κ1) is 26.7. The van der Waals surface area contributed by atoms with Crippen molar-refractivity contribution in [2.24, 2.45) is 5.92 Å². The van der Waals surface area contributed by atoms with Gasteiger partial charge in [0.05, 0.1) is 4.90 Å². The average Bonchev–Trinajstić information content (AvgIpc) is 3.23. The molecule has 0 saturated carbocycles. The molecular weight excluding hydrogens is 464 g/mol. The number of nitrogens with one attached hydrogen (secondary N) is 2. The number of fused-ring (bicyclic) bond motifs is 1. The van der Waals surface area contributed by atoms with Gasteiger partial charge in [-0.15, -0.1) is 0 Å². The van der Waals surface area contributed by atoms with Gasteiger partial charge in [-0.3, -0.25) is 9.59 Å². The van der Waals surface area contributed by atoms with Crippen LogP contribution in [0.1, 0.15) is 45.7 Å². The summed E-state index contributed by atoms with van der Waals surface area (Å²) in [5.41, 5.74) is 4.17. The summed E-state index contributed by atoms with van der Waals surface area (Å²) in [6, 6.07) is 9.60. The molecule has 0 saturated heterocycles. The van der Waals surface area contributed by atoms with Crippen LogP contribution in [-0.2, 0) is 26.0 Å². The number of sulfonamides is 1. The number of benzene rings is 2. The molecule has 0 fully saturated rings. The number of aryl methyl sites for hydroxylation is 1. The molecule has 2 aromatic rings. The fourth-order valence-corrected chi connectivity index (χ4v) is 5.78. The fraction of sp³-hybridized carbons (Fsp3) is 0.462. The number of anilines is 3. The second kappa shape index (κ2) is 10.8. The SMILES string of the molecule is CCN(CC)c1ccc(NC(=O)C(NS(=O)(=O)c2ccc3c(c2)CCN3C(C)=O)C(C)C)c(C)c1. The van der Waals surface area contributed by atoms with E-state index in [4.69, 9.17) is 0 Å². The van der Waals surface area contributed by atoms with E-state index in [0.717, 1.165) is 35.6 Å². The second-order valence-electron chi connectivity index (χ2n) is 9.21. The average molecular weight is 501 g/mol. The maximum atomic E-state index is 13.2. The van der Waals surface area contributed by atoms with Crippen LogP contribution >= 0.6 is 0 Å². The van der Waals surface area contributed by atoms with E-state index in [2.05, 4.69) is 28.8 Å². The van der Waals surface area contributed by atoms with Gasteiger partial charge in [-0.2, -0.15) is 4.72 Å². The number of hydrogen-bond acceptors (Lipinski definition) is 5. The van der Waals surface area contributed by atoms with Crippen LogP contribution in [0.2, 0.25) is 0 Å². The van der Waals surface area contributed by atoms with E-state index in [9.17, 15) is 18.0 Å². The van der Waals surface area contributed by atoms with E-state index in [0.29, 0.717) is 18.7 Å². The molecule has 190 valence electrons. The molecule has 2 aromatic carbocycles. The summed E-state index contributed by atoms with van der Waals surface area (Å²) in [7, 11) is -3.96. The highest BCUT2D eigenvalue weighted by Crippen LogP contribution is 2.30. The highest BCUT2D eigenvalue weighted by molar-refractivity contribution is 7.89. The molecule has 0 spiro atoms. The van der Waals surface area contributed by atoms with Crippen molar-refractivity contribution in [3.8, 4) is 0 Å². The van der Waals surface area contributed by atoms with Crippen molar-refractivity contribution in [3.63, 3.8) is 0 Å². The van der Waals surface area contributed by atoms with Crippen molar-refractivity contribution in [2.75, 3.05) is 34.8 Å². The Kier molecular flexibility index (Phi) is 8.22. The van der Waals surface area contributed by atoms with Crippen LogP contribution in [0.25, 0.3) is 0 Å². The number of nitrogens with zero attached hydrogens (tertiary/aromatic N) is 2. The molecule has 0 bridgehead atoms. The first-order chi connectivity index (χ1) is 16.5. The lowest BCUT2D eigenvalue weighted by atomic mass is 10.0. The van der Waals surface area contributed by atoms with Gasteiger partial charge >= 0.3 is 0 Å². The quantitative estimate of drug-likeness (QED) is 0.547. The second-order valence-corrected chi connectivity index (χ2v) is 10.9. The van der Waals surface area contributed by atoms with Gasteiger partial charge in [-0.25, -0.2) is 8.42 Å². The number of carbonyl (C=O) groups is 2. The molecule has 2 amide bonds. The molecule has 3 rings (SSSR count). The Morgan fingerprint density at radius 3 is 2.34 bits per heavy atom. The van der Waals surface area contributed by atoms with Gasteiger partial charge < -0.3 is 15.1 Å². The molecule has 9 heteroatoms. The molecule has 35 heavy (non-hydrogen) atoms. The zero-order valence-electron chi connectivity index (χ0n) is 21.4. The summed E-state index contributed by atoms with van der Waals surface area (Å²) < 4.78 is 29.0. The standard InChI is InChI=1S/C26H36N4O4S/c1-7-29(8-2)21-9-11-23(18(5)15-21)27-26(32)25(17(3)4)28-35(33,34)22-10-12-24-20(16-22)13-14-30(24)19(6)31/h9-12,15-17,25,28H,7-8,13-14H2,1-6H3,(H,27,32). The number of rotatable bonds is 9. The molecule has 0 radical (unpaired) electrons. The van der Waals surface area contributed by atoms with Gasteiger partial charge in [0.25, 0.3) is 0 Å². The summed E-state index contributed by atoms with van der Waals surface area (Å²) >= 11 is 0. The van der Waals surface area contributed by atoms with Gasteiger partial charge in [0.2, 0.25) is 21.8 Å². The van der Waals surface area contributed by atoms with Crippen molar-refractivity contribution < 1.29 is 18.0 Å². The van der Waals surface area contributed by atoms with E-state index >= 15 is 0 Å². The Morgan fingerprint density at radius 1 is 1.09 bits per heavy atom. The van der Waals surface area contributed by atoms with Gasteiger partial charge in [0.1, 0.15) is 6.04 Å². The third-order valence-electron chi connectivity index (χ3n) is 6.46. The van der Waals surface area contributed by atoms with Gasteiger partial charge in [-0.1, -0.05) is 13.8 Å². The predicted molar refractivity (Wildman–Crippen MR) is 140 cm³/mol. The lowest BCUT2D eigenvalue weighted by Crippen LogP contribution is -2.47. The van der Waals surface area contributed by atoms with Gasteiger partial charge in [0.15, 0.2) is 0 Å². The predicted octanol–water partition coefficient (Wildman–Crippen LogP) is 3.69. The van der Waals surface area contributed by atoms with E-state index in [1.54, 1.807) is 30.9 Å². The lowest BCUT2D eigenvalue weighted by molar-refractivity contribution is -0.118. The van der Waals surface area contributed by atoms with Gasteiger partial charge in [0, 0.05) is 43.6 Å². The van der Waals surface area contributed by atoms with Gasteiger partial charge in [-0.05, 0) is 80.6 Å². The number of carbonyl (C=O) groups excluding carboxylic acids is 2. The normalized spacial score (nSPS) is 14.1. The van der Waals surface area contributed by atoms with Crippen LogP contribution in [0.4, 0.5) is 17.1 Å². The molecule has 1 unspecified atom stereocenters. The van der Waals surface area contributed by atoms with E-state index in [-0.39, 0.29) is 16.7 Å². The van der Waals surface area contributed by atoms with Crippen LogP contribution in [0, 0.1) is 12.8 Å². The first-order valence-electron chi connectivity index (χ1n) is 12.1. The van der Waals surface area contributed by atoms with Crippen LogP contribution in [0.3, 0.4) is 0 Å². The molecule has 1 heterocycles. The van der Waals surface area contributed by atoms with Crippen molar-refractivity contribution >= 4 is 38.9 Å². The fourth-order valence-electron chi connectivity index (χ4n) is 4.38. The number of amides is 2. The molecular formula is C26H36N4O4S. The molecule has 1 atom stereocenters. The monoisotopic (exact) mass is 500 g/mol. The summed E-state index contributed by atoms with van der Waals surface area (Å²) in [5, 5.41) is 2.90. The molecule has 8 nitrogen and oxygen atoms in total. The third-order valence-corrected chi connectivity index (χ3v) is 7.90. The molecule has 1 aliphatic heterocycles. The molecule has 0 aliphatic carbocycles. The van der Waals surface area contributed by atoms with Crippen LogP contribution in [-0.4, -0.2) is 45.9 Å². The highest BCUT2D eigenvalue weighted by Gasteiger charge is 2.30. The van der Waals surface area contributed by atoms with Crippen molar-refractivity contribution in [3.05, 3.63) is 47.5 Å². The van der Waals surface area contributed by atoms with Crippen LogP contribution in [0.15, 0.2) is 41.3 Å². The minimum atomic E-state index is -3.96. The van der Waals surface area contributed by atoms with Crippen LogP contribution in [0.5, 0.6) is 0 Å². The summed E-state index contributed by atoms with van der Waals surface area (Å²) in [5.74, 6) is -0.761. The Bertz CT molecular complexity index is 1210. The van der Waals surface area contributed by atoms with E-state index in [1.807, 2.05) is 25.1 Å². The summed E-state index contributed by atoms with van der Waals surface area (Å²) in [6.07, 6.45) is 0.592. The van der Waals surface area contributed by atoms with E-state index < -0.39 is 22.0 Å². The summed E-state index contributed by atoms with van der Waals surface area (Å²) in [4.78, 5) is 28.9.